The van der Waals surface area contributed by atoms with Crippen molar-refractivity contribution in [1.29, 1.82) is 0 Å². The number of halogens is 1. The third-order valence-corrected chi connectivity index (χ3v) is 0.505. The van der Waals surface area contributed by atoms with Gasteiger partial charge in [0.25, 0.3) is 0 Å². The molecule has 0 aliphatic heterocycles. The maximum atomic E-state index is 9.90. The van der Waals surface area contributed by atoms with E-state index in [-0.39, 0.29) is 12.5 Å². The summed E-state index contributed by atoms with van der Waals surface area (Å²) in [4.78, 5) is 13.2. The fourth-order valence-electron chi connectivity index (χ4n) is 0.153. The molecule has 0 aromatic heterocycles. The smallest absolute Gasteiger partial charge is 0.243 e. The maximum absolute atomic E-state index is 9.90. The van der Waals surface area contributed by atoms with Crippen LogP contribution >= 0.6 is 11.6 Å². The van der Waals surface area contributed by atoms with Crippen molar-refractivity contribution in [2.45, 2.75) is 0 Å². The van der Waals surface area contributed by atoms with Gasteiger partial charge < -0.3 is 11.5 Å². The van der Waals surface area contributed by atoms with Crippen LogP contribution in [0.5, 0.6) is 0 Å². The van der Waals surface area contributed by atoms with Gasteiger partial charge in [0.05, 0.1) is 0 Å². The van der Waals surface area contributed by atoms with Crippen LogP contribution in [0.15, 0.2) is 4.99 Å². The summed E-state index contributed by atoms with van der Waals surface area (Å²) in [5.74, 6) is -0.126. The van der Waals surface area contributed by atoms with Crippen LogP contribution in [0.4, 0.5) is 0 Å². The maximum Gasteiger partial charge on any atom is 0.243 e. The zero-order valence-electron chi connectivity index (χ0n) is 4.10. The van der Waals surface area contributed by atoms with Gasteiger partial charge in [0.2, 0.25) is 5.24 Å². The second-order valence-electron chi connectivity index (χ2n) is 1.10. The van der Waals surface area contributed by atoms with Crippen molar-refractivity contribution in [1.82, 2.24) is 0 Å². The summed E-state index contributed by atoms with van der Waals surface area (Å²) in [5.41, 5.74) is 9.72. The first kappa shape index (κ1) is 7.23. The van der Waals surface area contributed by atoms with Crippen molar-refractivity contribution in [3.8, 4) is 0 Å². The van der Waals surface area contributed by atoms with E-state index in [1.807, 2.05) is 0 Å². The Morgan fingerprint density at radius 2 is 2.12 bits per heavy atom. The highest BCUT2D eigenvalue weighted by Crippen LogP contribution is 1.78. The lowest BCUT2D eigenvalue weighted by atomic mass is 10.7. The second-order valence-corrected chi connectivity index (χ2v) is 1.52. The van der Waals surface area contributed by atoms with Crippen molar-refractivity contribution in [3.05, 3.63) is 0 Å². The fraction of sp³-hybridized carbons (Fsp3) is 0.333. The van der Waals surface area contributed by atoms with Gasteiger partial charge in [-0.05, 0) is 11.6 Å². The molecule has 0 fully saturated rings. The Labute approximate surface area is 51.5 Å². The molecule has 0 aliphatic carbocycles. The highest BCUT2D eigenvalue weighted by atomic mass is 35.5. The molecule has 0 atom stereocenters. The predicted molar refractivity (Wildman–Crippen MR) is 31.5 cm³/mol. The Morgan fingerprint density at radius 3 is 2.25 bits per heavy atom. The topological polar surface area (TPSA) is 81.5 Å². The normalized spacial score (nSPS) is 8.12. The molecule has 0 heterocycles. The minimum atomic E-state index is -0.571. The molecule has 0 amide bonds. The fourth-order valence-corrected chi connectivity index (χ4v) is 0.213. The standard InChI is InChI=1S/C3H6ClN3O/c4-2(8)1-7-3(5)6/h1H2,(H4,5,6,7). The Balaban J connectivity index is 3.45. The largest absolute Gasteiger partial charge is 0.370 e. The number of aliphatic imine (C=N–C) groups is 1. The van der Waals surface area contributed by atoms with Crippen LogP contribution in [0, 0.1) is 0 Å². The third kappa shape index (κ3) is 5.23. The average Bonchev–Trinajstić information content (AvgIpc) is 1.61. The van der Waals surface area contributed by atoms with E-state index >= 15 is 0 Å². The van der Waals surface area contributed by atoms with Crippen LogP contribution < -0.4 is 11.5 Å². The van der Waals surface area contributed by atoms with E-state index in [4.69, 9.17) is 23.1 Å². The quantitative estimate of drug-likeness (QED) is 0.290. The number of hydrogen-bond donors (Lipinski definition) is 2. The third-order valence-electron chi connectivity index (χ3n) is 0.386. The SMILES string of the molecule is NC(N)=NCC(=O)Cl. The summed E-state index contributed by atoms with van der Waals surface area (Å²) in [6.45, 7) is -0.149. The molecule has 8 heavy (non-hydrogen) atoms. The monoisotopic (exact) mass is 135 g/mol. The first-order valence-electron chi connectivity index (χ1n) is 1.86. The first-order valence-corrected chi connectivity index (χ1v) is 2.24. The Kier molecular flexibility index (Phi) is 2.95. The Hall–Kier alpha value is -0.770. The van der Waals surface area contributed by atoms with E-state index in [0.717, 1.165) is 0 Å². The second kappa shape index (κ2) is 3.26. The van der Waals surface area contributed by atoms with Crippen molar-refractivity contribution < 1.29 is 4.79 Å². The number of hydrogen-bond acceptors (Lipinski definition) is 2. The van der Waals surface area contributed by atoms with E-state index in [1.165, 1.54) is 0 Å². The molecule has 0 spiro atoms. The van der Waals surface area contributed by atoms with Crippen LogP contribution in [0.2, 0.25) is 0 Å². The summed E-state index contributed by atoms with van der Waals surface area (Å²) in [6.07, 6.45) is 0. The zero-order chi connectivity index (χ0) is 6.57. The average molecular weight is 136 g/mol. The van der Waals surface area contributed by atoms with Crippen molar-refractivity contribution in [3.63, 3.8) is 0 Å². The van der Waals surface area contributed by atoms with Gasteiger partial charge in [0.1, 0.15) is 6.54 Å². The van der Waals surface area contributed by atoms with Gasteiger partial charge >= 0.3 is 0 Å². The van der Waals surface area contributed by atoms with Crippen molar-refractivity contribution >= 4 is 22.8 Å². The van der Waals surface area contributed by atoms with Crippen LogP contribution in [0.3, 0.4) is 0 Å². The number of nitrogens with two attached hydrogens (primary N) is 2. The van der Waals surface area contributed by atoms with Crippen LogP contribution in [-0.4, -0.2) is 17.7 Å². The number of nitrogens with zero attached hydrogens (tertiary/aromatic N) is 1. The van der Waals surface area contributed by atoms with Gasteiger partial charge in [-0.2, -0.15) is 0 Å². The molecule has 0 bridgehead atoms. The molecule has 0 aromatic carbocycles. The van der Waals surface area contributed by atoms with Crippen LogP contribution in [-0.2, 0) is 4.79 Å². The van der Waals surface area contributed by atoms with Crippen molar-refractivity contribution in [2.24, 2.45) is 16.5 Å². The van der Waals surface area contributed by atoms with Gasteiger partial charge in [-0.3, -0.25) is 4.79 Å². The molecular formula is C3H6ClN3O. The molecular weight excluding hydrogens is 130 g/mol. The molecule has 46 valence electrons. The first-order chi connectivity index (χ1) is 3.63. The Bertz CT molecular complexity index is 118. The number of carbonyl (C=O) groups excluding carboxylic acids is 1. The lowest BCUT2D eigenvalue weighted by molar-refractivity contribution is -0.110. The van der Waals surface area contributed by atoms with Gasteiger partial charge in [-0.25, -0.2) is 4.99 Å². The summed E-state index contributed by atoms with van der Waals surface area (Å²) in [5, 5.41) is -0.571. The summed E-state index contributed by atoms with van der Waals surface area (Å²) >= 11 is 4.86. The van der Waals surface area contributed by atoms with E-state index in [2.05, 4.69) is 4.99 Å². The molecule has 0 saturated carbocycles. The van der Waals surface area contributed by atoms with Gasteiger partial charge in [-0.15, -0.1) is 0 Å². The van der Waals surface area contributed by atoms with E-state index < -0.39 is 5.24 Å². The number of carbonyl (C=O) groups is 1. The minimum Gasteiger partial charge on any atom is -0.370 e. The summed E-state index contributed by atoms with van der Waals surface area (Å²) in [7, 11) is 0. The molecule has 4 N–H and O–H groups in total. The molecule has 0 rings (SSSR count). The molecule has 5 heteroatoms. The van der Waals surface area contributed by atoms with Crippen LogP contribution in [0.25, 0.3) is 0 Å². The highest BCUT2D eigenvalue weighted by molar-refractivity contribution is 6.64. The van der Waals surface area contributed by atoms with Gasteiger partial charge in [0, 0.05) is 0 Å². The van der Waals surface area contributed by atoms with E-state index in [0.29, 0.717) is 0 Å². The summed E-state index contributed by atoms with van der Waals surface area (Å²) in [6, 6.07) is 0. The molecule has 0 aromatic rings. The number of rotatable bonds is 2. The van der Waals surface area contributed by atoms with Gasteiger partial charge in [0.15, 0.2) is 5.96 Å². The van der Waals surface area contributed by atoms with E-state index in [9.17, 15) is 4.79 Å². The molecule has 4 nitrogen and oxygen atoms in total. The Morgan fingerprint density at radius 1 is 1.62 bits per heavy atom. The lowest BCUT2D eigenvalue weighted by Gasteiger charge is -1.85. The lowest BCUT2D eigenvalue weighted by Crippen LogP contribution is -2.23. The minimum absolute atomic E-state index is 0.126. The number of guanidine groups is 1. The molecule has 0 saturated heterocycles. The predicted octanol–water partition coefficient (Wildman–Crippen LogP) is -0.975. The van der Waals surface area contributed by atoms with Crippen LogP contribution in [0.1, 0.15) is 0 Å². The molecule has 0 aliphatic rings. The van der Waals surface area contributed by atoms with Gasteiger partial charge in [-0.1, -0.05) is 0 Å². The highest BCUT2D eigenvalue weighted by Gasteiger charge is 1.89. The van der Waals surface area contributed by atoms with Crippen molar-refractivity contribution in [2.75, 3.05) is 6.54 Å². The molecule has 0 unspecified atom stereocenters. The summed E-state index contributed by atoms with van der Waals surface area (Å²) < 4.78 is 0. The van der Waals surface area contributed by atoms with E-state index in [1.54, 1.807) is 0 Å². The zero-order valence-corrected chi connectivity index (χ0v) is 4.85. The molecule has 0 radical (unpaired) electrons.